The van der Waals surface area contributed by atoms with E-state index in [2.05, 4.69) is 15.5 Å². The molecule has 0 amide bonds. The minimum Gasteiger partial charge on any atom is -0.453 e. The highest BCUT2D eigenvalue weighted by Crippen LogP contribution is 2.17. The number of carbonyl (C=O) groups excluding carboxylic acids is 1. The molecule has 0 bridgehead atoms. The van der Waals surface area contributed by atoms with Gasteiger partial charge in [0.1, 0.15) is 4.88 Å². The van der Waals surface area contributed by atoms with Crippen molar-refractivity contribution < 1.29 is 9.53 Å². The molecule has 3 rings (SSSR count). The number of carbonyl (C=O) groups is 1. The molecule has 0 unspecified atom stereocenters. The highest BCUT2D eigenvalue weighted by Gasteiger charge is 2.15. The molecular weight excluding hydrogens is 288 g/mol. The number of aromatic nitrogens is 4. The maximum atomic E-state index is 12.0. The van der Waals surface area contributed by atoms with E-state index in [0.29, 0.717) is 10.7 Å². The normalized spacial score (nSPS) is 10.5. The third kappa shape index (κ3) is 2.82. The van der Waals surface area contributed by atoms with Gasteiger partial charge in [0.25, 0.3) is 0 Å². The largest absolute Gasteiger partial charge is 0.453 e. The molecule has 1 aromatic carbocycles. The zero-order valence-corrected chi connectivity index (χ0v) is 12.1. The fourth-order valence-electron chi connectivity index (χ4n) is 1.84. The summed E-state index contributed by atoms with van der Waals surface area (Å²) in [7, 11) is 0. The van der Waals surface area contributed by atoms with E-state index in [1.807, 2.05) is 48.7 Å². The number of esters is 1. The van der Waals surface area contributed by atoms with Crippen molar-refractivity contribution in [3.63, 3.8) is 0 Å². The van der Waals surface area contributed by atoms with E-state index in [1.165, 1.54) is 11.3 Å². The van der Waals surface area contributed by atoms with Crippen molar-refractivity contribution in [2.24, 2.45) is 0 Å². The number of ether oxygens (including phenoxy) is 1. The van der Waals surface area contributed by atoms with Gasteiger partial charge in [-0.1, -0.05) is 18.2 Å². The molecular formula is C14H12N4O2S. The van der Waals surface area contributed by atoms with Crippen LogP contribution in [0.25, 0.3) is 5.69 Å². The molecule has 106 valence electrons. The molecule has 0 aliphatic rings. The van der Waals surface area contributed by atoms with E-state index < -0.39 is 0 Å². The molecule has 0 saturated heterocycles. The number of hydrogen-bond acceptors (Lipinski definition) is 6. The first kappa shape index (κ1) is 13.4. The lowest BCUT2D eigenvalue weighted by Crippen LogP contribution is -2.09. The molecule has 0 fully saturated rings. The first-order chi connectivity index (χ1) is 10.3. The number of para-hydroxylation sites is 1. The number of tetrazole rings is 1. The zero-order chi connectivity index (χ0) is 14.7. The number of aryl methyl sites for hydroxylation is 1. The number of rotatable bonds is 4. The second-order valence-electron chi connectivity index (χ2n) is 4.35. The van der Waals surface area contributed by atoms with Crippen molar-refractivity contribution in [3.8, 4) is 5.69 Å². The maximum absolute atomic E-state index is 12.0. The van der Waals surface area contributed by atoms with Crippen LogP contribution in [0.2, 0.25) is 0 Å². The Balaban J connectivity index is 1.74. The molecule has 2 heterocycles. The van der Waals surface area contributed by atoms with Crippen LogP contribution in [0.15, 0.2) is 41.8 Å². The van der Waals surface area contributed by atoms with E-state index in [-0.39, 0.29) is 12.6 Å². The van der Waals surface area contributed by atoms with Crippen LogP contribution in [0.4, 0.5) is 0 Å². The van der Waals surface area contributed by atoms with Crippen molar-refractivity contribution in [3.05, 3.63) is 58.0 Å². The number of nitrogens with zero attached hydrogens (tertiary/aromatic N) is 4. The van der Waals surface area contributed by atoms with Crippen LogP contribution in [0.3, 0.4) is 0 Å². The molecule has 0 saturated carbocycles. The van der Waals surface area contributed by atoms with Gasteiger partial charge in [-0.05, 0) is 46.5 Å². The van der Waals surface area contributed by atoms with Gasteiger partial charge in [-0.25, -0.2) is 4.79 Å². The zero-order valence-electron chi connectivity index (χ0n) is 11.3. The number of benzene rings is 1. The lowest BCUT2D eigenvalue weighted by molar-refractivity contribution is 0.0464. The summed E-state index contributed by atoms with van der Waals surface area (Å²) in [5, 5.41) is 13.3. The molecule has 0 radical (unpaired) electrons. The van der Waals surface area contributed by atoms with Gasteiger partial charge in [-0.3, -0.25) is 0 Å². The van der Waals surface area contributed by atoms with Gasteiger partial charge in [0.2, 0.25) is 0 Å². The van der Waals surface area contributed by atoms with Crippen LogP contribution in [-0.2, 0) is 11.3 Å². The molecule has 0 spiro atoms. The highest BCUT2D eigenvalue weighted by atomic mass is 32.1. The molecule has 7 heteroatoms. The van der Waals surface area contributed by atoms with Gasteiger partial charge in [0.05, 0.1) is 5.69 Å². The van der Waals surface area contributed by atoms with Crippen LogP contribution in [-0.4, -0.2) is 26.2 Å². The summed E-state index contributed by atoms with van der Waals surface area (Å²) in [6.45, 7) is 1.90. The standard InChI is InChI=1S/C14H12N4O2S/c1-10-7-8-21-13(10)14(19)20-9-12-15-16-17-18(12)11-5-3-2-4-6-11/h2-8H,9H2,1H3. The molecule has 0 N–H and O–H groups in total. The van der Waals surface area contributed by atoms with Crippen LogP contribution in [0.5, 0.6) is 0 Å². The number of hydrogen-bond donors (Lipinski definition) is 0. The minimum absolute atomic E-state index is 0.0259. The second kappa shape index (κ2) is 5.84. The minimum atomic E-state index is -0.356. The molecule has 6 nitrogen and oxygen atoms in total. The maximum Gasteiger partial charge on any atom is 0.349 e. The molecule has 0 atom stereocenters. The highest BCUT2D eigenvalue weighted by molar-refractivity contribution is 7.12. The van der Waals surface area contributed by atoms with Crippen molar-refractivity contribution >= 4 is 17.3 Å². The Bertz CT molecular complexity index is 751. The Morgan fingerprint density at radius 3 is 2.81 bits per heavy atom. The Labute approximate surface area is 125 Å². The average Bonchev–Trinajstić information content (AvgIpc) is 3.14. The van der Waals surface area contributed by atoms with E-state index in [9.17, 15) is 4.79 Å². The monoisotopic (exact) mass is 300 g/mol. The summed E-state index contributed by atoms with van der Waals surface area (Å²) in [5.41, 5.74) is 1.73. The first-order valence-corrected chi connectivity index (χ1v) is 7.17. The smallest absolute Gasteiger partial charge is 0.349 e. The SMILES string of the molecule is Cc1ccsc1C(=O)OCc1nnnn1-c1ccccc1. The van der Waals surface area contributed by atoms with Gasteiger partial charge >= 0.3 is 5.97 Å². The van der Waals surface area contributed by atoms with Gasteiger partial charge in [-0.15, -0.1) is 16.4 Å². The summed E-state index contributed by atoms with van der Waals surface area (Å²) in [6.07, 6.45) is 0. The molecule has 3 aromatic rings. The average molecular weight is 300 g/mol. The molecule has 21 heavy (non-hydrogen) atoms. The Kier molecular flexibility index (Phi) is 3.74. The van der Waals surface area contributed by atoms with E-state index in [1.54, 1.807) is 4.68 Å². The van der Waals surface area contributed by atoms with Gasteiger partial charge in [0, 0.05) is 0 Å². The predicted molar refractivity (Wildman–Crippen MR) is 77.3 cm³/mol. The summed E-state index contributed by atoms with van der Waals surface area (Å²) in [5.74, 6) is 0.119. The number of thiophene rings is 1. The van der Waals surface area contributed by atoms with Crippen LogP contribution >= 0.6 is 11.3 Å². The Hall–Kier alpha value is -2.54. The first-order valence-electron chi connectivity index (χ1n) is 6.29. The van der Waals surface area contributed by atoms with Gasteiger partial charge in [0.15, 0.2) is 12.4 Å². The van der Waals surface area contributed by atoms with E-state index >= 15 is 0 Å². The van der Waals surface area contributed by atoms with Gasteiger partial charge in [-0.2, -0.15) is 4.68 Å². The summed E-state index contributed by atoms with van der Waals surface area (Å²) in [4.78, 5) is 12.6. The predicted octanol–water partition coefficient (Wildman–Crippen LogP) is 2.39. The quantitative estimate of drug-likeness (QED) is 0.692. The van der Waals surface area contributed by atoms with Gasteiger partial charge < -0.3 is 4.74 Å². The molecule has 0 aliphatic heterocycles. The Morgan fingerprint density at radius 2 is 2.10 bits per heavy atom. The third-order valence-electron chi connectivity index (χ3n) is 2.91. The summed E-state index contributed by atoms with van der Waals surface area (Å²) in [6, 6.07) is 11.3. The fourth-order valence-corrected chi connectivity index (χ4v) is 2.66. The second-order valence-corrected chi connectivity index (χ2v) is 5.27. The topological polar surface area (TPSA) is 69.9 Å². The van der Waals surface area contributed by atoms with E-state index in [4.69, 9.17) is 4.74 Å². The Morgan fingerprint density at radius 1 is 1.29 bits per heavy atom. The van der Waals surface area contributed by atoms with Crippen LogP contribution in [0, 0.1) is 6.92 Å². The third-order valence-corrected chi connectivity index (χ3v) is 3.91. The summed E-state index contributed by atoms with van der Waals surface area (Å²) >= 11 is 1.36. The van der Waals surface area contributed by atoms with Crippen molar-refractivity contribution in [1.82, 2.24) is 20.2 Å². The van der Waals surface area contributed by atoms with Crippen LogP contribution in [0.1, 0.15) is 21.1 Å². The molecule has 0 aliphatic carbocycles. The summed E-state index contributed by atoms with van der Waals surface area (Å²) < 4.78 is 6.83. The fraction of sp³-hybridized carbons (Fsp3) is 0.143. The van der Waals surface area contributed by atoms with Crippen molar-refractivity contribution in [2.45, 2.75) is 13.5 Å². The van der Waals surface area contributed by atoms with Crippen LogP contribution < -0.4 is 0 Å². The van der Waals surface area contributed by atoms with Crippen molar-refractivity contribution in [1.29, 1.82) is 0 Å². The lowest BCUT2D eigenvalue weighted by Gasteiger charge is -2.05. The molecule has 2 aromatic heterocycles. The van der Waals surface area contributed by atoms with E-state index in [0.717, 1.165) is 11.3 Å². The lowest BCUT2D eigenvalue weighted by atomic mass is 10.3. The van der Waals surface area contributed by atoms with Crippen molar-refractivity contribution in [2.75, 3.05) is 0 Å².